The van der Waals surface area contributed by atoms with Crippen LogP contribution in [0.2, 0.25) is 0 Å². The predicted octanol–water partition coefficient (Wildman–Crippen LogP) is 3.69. The van der Waals surface area contributed by atoms with Gasteiger partial charge in [0.2, 0.25) is 0 Å². The molecule has 0 saturated heterocycles. The molecule has 0 aromatic carbocycles. The molecule has 2 atom stereocenters. The third-order valence-electron chi connectivity index (χ3n) is 3.95. The number of unbranched alkanes of at least 4 members (excludes halogenated alkanes) is 6. The van der Waals surface area contributed by atoms with Crippen molar-refractivity contribution in [2.45, 2.75) is 84.7 Å². The van der Waals surface area contributed by atoms with Crippen LogP contribution in [0.4, 0.5) is 0 Å². The van der Waals surface area contributed by atoms with E-state index in [-0.39, 0.29) is 25.1 Å². The van der Waals surface area contributed by atoms with Crippen LogP contribution in [0.1, 0.15) is 78.6 Å². The van der Waals surface area contributed by atoms with Gasteiger partial charge in [-0.05, 0) is 12.3 Å². The van der Waals surface area contributed by atoms with Gasteiger partial charge in [0.15, 0.2) is 0 Å². The molecule has 0 fully saturated rings. The van der Waals surface area contributed by atoms with Gasteiger partial charge in [-0.1, -0.05) is 72.1 Å². The Hall–Kier alpha value is -0.610. The van der Waals surface area contributed by atoms with Crippen molar-refractivity contribution >= 4 is 5.97 Å². The molecule has 0 aliphatic heterocycles. The molecular weight excluding hydrogens is 280 g/mol. The van der Waals surface area contributed by atoms with Crippen molar-refractivity contribution in [3.63, 3.8) is 0 Å². The Morgan fingerprint density at radius 3 is 1.91 bits per heavy atom. The first-order chi connectivity index (χ1) is 10.5. The average molecular weight is 316 g/mol. The standard InChI is InChI=1S/C18H36O4/c1-15(2)11-9-7-5-4-6-8-10-12-16(3)18(21)22-14-17(20)13-19/h15-17,19-20H,4-14H2,1-3H3. The van der Waals surface area contributed by atoms with E-state index in [4.69, 9.17) is 14.9 Å². The minimum atomic E-state index is -0.966. The Bertz CT molecular complexity index is 266. The van der Waals surface area contributed by atoms with Crippen molar-refractivity contribution in [1.29, 1.82) is 0 Å². The monoisotopic (exact) mass is 316 g/mol. The fraction of sp³-hybridized carbons (Fsp3) is 0.944. The number of esters is 1. The molecule has 4 nitrogen and oxygen atoms in total. The third-order valence-corrected chi connectivity index (χ3v) is 3.95. The topological polar surface area (TPSA) is 66.8 Å². The fourth-order valence-corrected chi connectivity index (χ4v) is 2.38. The van der Waals surface area contributed by atoms with E-state index in [2.05, 4.69) is 13.8 Å². The van der Waals surface area contributed by atoms with Crippen molar-refractivity contribution in [3.05, 3.63) is 0 Å². The van der Waals surface area contributed by atoms with Gasteiger partial charge in [0.25, 0.3) is 0 Å². The van der Waals surface area contributed by atoms with Gasteiger partial charge < -0.3 is 14.9 Å². The van der Waals surface area contributed by atoms with Crippen LogP contribution in [0.25, 0.3) is 0 Å². The molecule has 0 saturated carbocycles. The molecule has 132 valence electrons. The summed E-state index contributed by atoms with van der Waals surface area (Å²) >= 11 is 0. The van der Waals surface area contributed by atoms with Crippen molar-refractivity contribution in [1.82, 2.24) is 0 Å². The molecule has 4 heteroatoms. The van der Waals surface area contributed by atoms with Crippen LogP contribution in [0, 0.1) is 11.8 Å². The highest BCUT2D eigenvalue weighted by Gasteiger charge is 2.15. The summed E-state index contributed by atoms with van der Waals surface area (Å²) in [5.41, 5.74) is 0. The van der Waals surface area contributed by atoms with Crippen molar-refractivity contribution in [2.24, 2.45) is 11.8 Å². The Morgan fingerprint density at radius 2 is 1.41 bits per heavy atom. The Kier molecular flexibility index (Phi) is 13.6. The molecule has 0 aromatic heterocycles. The molecule has 0 amide bonds. The second-order valence-corrected chi connectivity index (χ2v) is 6.81. The van der Waals surface area contributed by atoms with Crippen LogP contribution in [0.3, 0.4) is 0 Å². The second kappa shape index (κ2) is 14.0. The lowest BCUT2D eigenvalue weighted by Gasteiger charge is -2.13. The zero-order valence-corrected chi connectivity index (χ0v) is 14.7. The molecule has 0 aliphatic carbocycles. The van der Waals surface area contributed by atoms with Crippen molar-refractivity contribution in [3.8, 4) is 0 Å². The number of hydrogen-bond donors (Lipinski definition) is 2. The summed E-state index contributed by atoms with van der Waals surface area (Å²) in [4.78, 5) is 11.6. The van der Waals surface area contributed by atoms with E-state index < -0.39 is 6.10 Å². The van der Waals surface area contributed by atoms with Crippen LogP contribution in [-0.2, 0) is 9.53 Å². The number of hydrogen-bond acceptors (Lipinski definition) is 4. The minimum Gasteiger partial charge on any atom is -0.463 e. The molecule has 0 bridgehead atoms. The maximum Gasteiger partial charge on any atom is 0.308 e. The number of rotatable bonds is 14. The van der Waals surface area contributed by atoms with E-state index in [0.29, 0.717) is 0 Å². The first kappa shape index (κ1) is 21.4. The Morgan fingerprint density at radius 1 is 0.909 bits per heavy atom. The van der Waals surface area contributed by atoms with Gasteiger partial charge in [-0.3, -0.25) is 4.79 Å². The third kappa shape index (κ3) is 13.1. The lowest BCUT2D eigenvalue weighted by molar-refractivity contribution is -0.151. The maximum atomic E-state index is 11.6. The summed E-state index contributed by atoms with van der Waals surface area (Å²) in [6.45, 7) is 5.92. The lowest BCUT2D eigenvalue weighted by atomic mass is 10.0. The number of aliphatic hydroxyl groups is 2. The Labute approximate surface area is 136 Å². The van der Waals surface area contributed by atoms with Crippen molar-refractivity contribution < 1.29 is 19.7 Å². The van der Waals surface area contributed by atoms with Gasteiger partial charge in [0.1, 0.15) is 12.7 Å². The quantitative estimate of drug-likeness (QED) is 0.379. The van der Waals surface area contributed by atoms with E-state index in [1.165, 1.54) is 44.9 Å². The van der Waals surface area contributed by atoms with Crippen LogP contribution >= 0.6 is 0 Å². The van der Waals surface area contributed by atoms with E-state index in [1.807, 2.05) is 6.92 Å². The van der Waals surface area contributed by atoms with E-state index >= 15 is 0 Å². The first-order valence-electron chi connectivity index (χ1n) is 8.93. The van der Waals surface area contributed by atoms with Gasteiger partial charge in [-0.15, -0.1) is 0 Å². The maximum absolute atomic E-state index is 11.6. The van der Waals surface area contributed by atoms with Crippen LogP contribution in [0.5, 0.6) is 0 Å². The molecule has 0 aromatic rings. The van der Waals surface area contributed by atoms with E-state index in [9.17, 15) is 4.79 Å². The van der Waals surface area contributed by atoms with Crippen LogP contribution < -0.4 is 0 Å². The minimum absolute atomic E-state index is 0.115. The number of carbonyl (C=O) groups excluding carboxylic acids is 1. The van der Waals surface area contributed by atoms with Gasteiger partial charge >= 0.3 is 5.97 Å². The van der Waals surface area contributed by atoms with E-state index in [0.717, 1.165) is 18.8 Å². The highest BCUT2D eigenvalue weighted by molar-refractivity contribution is 5.71. The Balaban J connectivity index is 3.41. The molecule has 0 rings (SSSR count). The molecule has 0 heterocycles. The largest absolute Gasteiger partial charge is 0.463 e. The summed E-state index contributed by atoms with van der Waals surface area (Å²) in [6, 6.07) is 0. The van der Waals surface area contributed by atoms with E-state index in [1.54, 1.807) is 0 Å². The number of aliphatic hydroxyl groups excluding tert-OH is 2. The number of ether oxygens (including phenoxy) is 1. The normalized spacial score (nSPS) is 14.1. The van der Waals surface area contributed by atoms with Crippen LogP contribution in [-0.4, -0.2) is 35.5 Å². The lowest BCUT2D eigenvalue weighted by Crippen LogP contribution is -2.24. The fourth-order valence-electron chi connectivity index (χ4n) is 2.38. The van der Waals surface area contributed by atoms with Gasteiger partial charge in [-0.2, -0.15) is 0 Å². The van der Waals surface area contributed by atoms with Crippen molar-refractivity contribution in [2.75, 3.05) is 13.2 Å². The molecule has 0 spiro atoms. The molecule has 2 unspecified atom stereocenters. The summed E-state index contributed by atoms with van der Waals surface area (Å²) in [6.07, 6.45) is 9.97. The molecule has 0 radical (unpaired) electrons. The van der Waals surface area contributed by atoms with Crippen LogP contribution in [0.15, 0.2) is 0 Å². The van der Waals surface area contributed by atoms with Gasteiger partial charge in [0, 0.05) is 0 Å². The summed E-state index contributed by atoms with van der Waals surface area (Å²) in [5.74, 6) is 0.415. The predicted molar refractivity (Wildman–Crippen MR) is 89.6 cm³/mol. The second-order valence-electron chi connectivity index (χ2n) is 6.81. The first-order valence-corrected chi connectivity index (χ1v) is 8.93. The SMILES string of the molecule is CC(C)CCCCCCCCCC(C)C(=O)OCC(O)CO. The zero-order valence-electron chi connectivity index (χ0n) is 14.7. The molecular formula is C18H36O4. The van der Waals surface area contributed by atoms with Gasteiger partial charge in [-0.25, -0.2) is 0 Å². The number of carbonyl (C=O) groups is 1. The molecule has 22 heavy (non-hydrogen) atoms. The average Bonchev–Trinajstić information content (AvgIpc) is 2.49. The zero-order chi connectivity index (χ0) is 16.8. The smallest absolute Gasteiger partial charge is 0.308 e. The summed E-state index contributed by atoms with van der Waals surface area (Å²) < 4.78 is 4.95. The highest BCUT2D eigenvalue weighted by Crippen LogP contribution is 2.15. The summed E-state index contributed by atoms with van der Waals surface area (Å²) in [7, 11) is 0. The summed E-state index contributed by atoms with van der Waals surface area (Å²) in [5, 5.41) is 17.8. The molecule has 2 N–H and O–H groups in total. The molecule has 0 aliphatic rings. The van der Waals surface area contributed by atoms with Gasteiger partial charge in [0.05, 0.1) is 12.5 Å². The highest BCUT2D eigenvalue weighted by atomic mass is 16.5.